The highest BCUT2D eigenvalue weighted by atomic mass is 16.6. The zero-order valence-corrected chi connectivity index (χ0v) is 22.5. The summed E-state index contributed by atoms with van der Waals surface area (Å²) in [5.41, 5.74) is 2.96. The van der Waals surface area contributed by atoms with Crippen LogP contribution in [0.25, 0.3) is 11.1 Å². The van der Waals surface area contributed by atoms with E-state index in [1.165, 1.54) is 35.5 Å². The molecule has 1 aliphatic carbocycles. The minimum Gasteiger partial charge on any atom is -0.493 e. The molecule has 0 heterocycles. The summed E-state index contributed by atoms with van der Waals surface area (Å²) in [6.45, 7) is 7.52. The van der Waals surface area contributed by atoms with E-state index in [2.05, 4.69) is 6.92 Å². The first-order valence-corrected chi connectivity index (χ1v) is 11.8. The van der Waals surface area contributed by atoms with E-state index in [9.17, 15) is 9.90 Å². The molecule has 196 valence electrons. The van der Waals surface area contributed by atoms with Crippen molar-refractivity contribution in [2.24, 2.45) is 11.8 Å². The van der Waals surface area contributed by atoms with Gasteiger partial charge in [-0.2, -0.15) is 0 Å². The van der Waals surface area contributed by atoms with Crippen LogP contribution >= 0.6 is 0 Å². The number of aliphatic hydroxyl groups is 1. The standard InChI is InChI=1S/C28H36O8/c1-10-14(2)28(30)36-27-21-17(12-19(31-5)25(27)34-8)11-15(3)16(4)23(29)18-13-20(32-6)24(33-7)26(35-9)22(18)21/h10,12-13,15-16,23,29H,11H2,1-9H3/b14-10+/t15-,16-,23-/m1/s1. The van der Waals surface area contributed by atoms with Gasteiger partial charge in [0, 0.05) is 16.7 Å². The summed E-state index contributed by atoms with van der Waals surface area (Å²) in [7, 11) is 7.58. The number of benzene rings is 2. The van der Waals surface area contributed by atoms with Crippen LogP contribution in [0.2, 0.25) is 0 Å². The average molecular weight is 501 g/mol. The Bertz CT molecular complexity index is 1170. The van der Waals surface area contributed by atoms with E-state index in [0.717, 1.165) is 5.56 Å². The zero-order valence-electron chi connectivity index (χ0n) is 22.5. The molecule has 0 aromatic heterocycles. The molecule has 0 unspecified atom stereocenters. The van der Waals surface area contributed by atoms with Crippen molar-refractivity contribution in [1.82, 2.24) is 0 Å². The second-order valence-corrected chi connectivity index (χ2v) is 8.93. The van der Waals surface area contributed by atoms with Gasteiger partial charge in [-0.05, 0) is 55.4 Å². The minimum absolute atomic E-state index is 0.0740. The molecular weight excluding hydrogens is 464 g/mol. The highest BCUT2D eigenvalue weighted by molar-refractivity contribution is 5.94. The predicted octanol–water partition coefficient (Wildman–Crippen LogP) is 5.13. The van der Waals surface area contributed by atoms with Gasteiger partial charge in [-0.1, -0.05) is 19.9 Å². The second kappa shape index (κ2) is 11.1. The quantitative estimate of drug-likeness (QED) is 0.318. The summed E-state index contributed by atoms with van der Waals surface area (Å²) in [6.07, 6.45) is 1.40. The number of carbonyl (C=O) groups is 1. The smallest absolute Gasteiger partial charge is 0.338 e. The first-order chi connectivity index (χ1) is 17.2. The number of carbonyl (C=O) groups excluding carboxylic acids is 1. The van der Waals surface area contributed by atoms with Crippen molar-refractivity contribution in [3.8, 4) is 45.6 Å². The van der Waals surface area contributed by atoms with E-state index in [1.54, 1.807) is 26.0 Å². The molecule has 1 aliphatic rings. The fourth-order valence-electron chi connectivity index (χ4n) is 4.63. The van der Waals surface area contributed by atoms with Crippen LogP contribution in [0.4, 0.5) is 0 Å². The van der Waals surface area contributed by atoms with Gasteiger partial charge in [-0.3, -0.25) is 0 Å². The van der Waals surface area contributed by atoms with E-state index < -0.39 is 12.1 Å². The van der Waals surface area contributed by atoms with Crippen molar-refractivity contribution in [2.45, 2.75) is 40.2 Å². The van der Waals surface area contributed by atoms with Crippen molar-refractivity contribution in [3.05, 3.63) is 34.9 Å². The maximum absolute atomic E-state index is 13.0. The maximum atomic E-state index is 13.0. The Morgan fingerprint density at radius 2 is 1.42 bits per heavy atom. The van der Waals surface area contributed by atoms with Crippen molar-refractivity contribution in [3.63, 3.8) is 0 Å². The van der Waals surface area contributed by atoms with Crippen LogP contribution in [-0.2, 0) is 11.2 Å². The molecule has 0 saturated heterocycles. The predicted molar refractivity (Wildman–Crippen MR) is 137 cm³/mol. The number of rotatable bonds is 7. The summed E-state index contributed by atoms with van der Waals surface area (Å²) < 4.78 is 34.4. The number of hydrogen-bond acceptors (Lipinski definition) is 8. The molecule has 2 aromatic rings. The fraction of sp³-hybridized carbons (Fsp3) is 0.464. The number of methoxy groups -OCH3 is 5. The normalized spacial score (nSPS) is 19.3. The molecule has 3 rings (SSSR count). The molecule has 8 nitrogen and oxygen atoms in total. The maximum Gasteiger partial charge on any atom is 0.338 e. The summed E-state index contributed by atoms with van der Waals surface area (Å²) >= 11 is 0. The molecule has 1 N–H and O–H groups in total. The van der Waals surface area contributed by atoms with E-state index in [0.29, 0.717) is 51.7 Å². The van der Waals surface area contributed by atoms with Crippen LogP contribution in [0.3, 0.4) is 0 Å². The summed E-state index contributed by atoms with van der Waals surface area (Å²) in [6, 6.07) is 3.63. The third-order valence-corrected chi connectivity index (χ3v) is 7.02. The van der Waals surface area contributed by atoms with Gasteiger partial charge in [0.15, 0.2) is 23.0 Å². The Hall–Kier alpha value is -3.39. The lowest BCUT2D eigenvalue weighted by molar-refractivity contribution is -0.130. The van der Waals surface area contributed by atoms with Crippen LogP contribution in [-0.4, -0.2) is 46.6 Å². The molecule has 36 heavy (non-hydrogen) atoms. The van der Waals surface area contributed by atoms with Gasteiger partial charge in [-0.25, -0.2) is 4.79 Å². The molecule has 0 saturated carbocycles. The third kappa shape index (κ3) is 4.57. The van der Waals surface area contributed by atoms with Crippen molar-refractivity contribution in [1.29, 1.82) is 0 Å². The van der Waals surface area contributed by atoms with E-state index >= 15 is 0 Å². The Balaban J connectivity index is 2.57. The van der Waals surface area contributed by atoms with Crippen LogP contribution in [0.5, 0.6) is 34.5 Å². The Morgan fingerprint density at radius 3 is 1.94 bits per heavy atom. The molecule has 3 atom stereocenters. The lowest BCUT2D eigenvalue weighted by atomic mass is 9.76. The number of aliphatic hydroxyl groups excluding tert-OH is 1. The molecule has 0 fully saturated rings. The lowest BCUT2D eigenvalue weighted by Gasteiger charge is -2.33. The monoisotopic (exact) mass is 500 g/mol. The number of fused-ring (bicyclic) bond motifs is 3. The summed E-state index contributed by atoms with van der Waals surface area (Å²) in [5, 5.41) is 11.5. The SMILES string of the molecule is C/C=C(\C)C(=O)Oc1c(OC)c(OC)cc2c1-c1c(cc(OC)c(OC)c1OC)[C@H](O)[C@H](C)[C@H](C)C2. The zero-order chi connectivity index (χ0) is 26.7. The molecule has 0 spiro atoms. The largest absolute Gasteiger partial charge is 0.493 e. The molecule has 2 aromatic carbocycles. The minimum atomic E-state index is -0.856. The molecule has 0 bridgehead atoms. The van der Waals surface area contributed by atoms with E-state index in [4.69, 9.17) is 28.4 Å². The number of allylic oxidation sites excluding steroid dienone is 1. The van der Waals surface area contributed by atoms with Crippen LogP contribution in [0.15, 0.2) is 23.8 Å². The van der Waals surface area contributed by atoms with Crippen molar-refractivity contribution < 1.29 is 38.3 Å². The van der Waals surface area contributed by atoms with E-state index in [-0.39, 0.29) is 23.3 Å². The summed E-state index contributed by atoms with van der Waals surface area (Å²) in [5.74, 6) is 1.42. The second-order valence-electron chi connectivity index (χ2n) is 8.93. The third-order valence-electron chi connectivity index (χ3n) is 7.02. The topological polar surface area (TPSA) is 92.7 Å². The van der Waals surface area contributed by atoms with Gasteiger partial charge in [0.2, 0.25) is 11.5 Å². The molecule has 0 aliphatic heterocycles. The van der Waals surface area contributed by atoms with Gasteiger partial charge in [0.1, 0.15) is 0 Å². The average Bonchev–Trinajstić information content (AvgIpc) is 2.89. The van der Waals surface area contributed by atoms with Gasteiger partial charge in [0.05, 0.1) is 41.7 Å². The summed E-state index contributed by atoms with van der Waals surface area (Å²) in [4.78, 5) is 13.0. The molecule has 0 radical (unpaired) electrons. The number of ether oxygens (including phenoxy) is 6. The Kier molecular flexibility index (Phi) is 8.40. The van der Waals surface area contributed by atoms with Crippen LogP contribution in [0, 0.1) is 11.8 Å². The van der Waals surface area contributed by atoms with Gasteiger partial charge >= 0.3 is 5.97 Å². The highest BCUT2D eigenvalue weighted by Gasteiger charge is 2.37. The first kappa shape index (κ1) is 27.2. The Morgan fingerprint density at radius 1 is 0.861 bits per heavy atom. The van der Waals surface area contributed by atoms with Gasteiger partial charge < -0.3 is 33.5 Å². The van der Waals surface area contributed by atoms with Crippen LogP contribution in [0.1, 0.15) is 44.9 Å². The molecule has 0 amide bonds. The lowest BCUT2D eigenvalue weighted by Crippen LogP contribution is -2.23. The molecular formula is C28H36O8. The Labute approximate surface area is 212 Å². The van der Waals surface area contributed by atoms with Gasteiger partial charge in [0.25, 0.3) is 0 Å². The highest BCUT2D eigenvalue weighted by Crippen LogP contribution is 2.57. The van der Waals surface area contributed by atoms with Gasteiger partial charge in [-0.15, -0.1) is 0 Å². The fourth-order valence-corrected chi connectivity index (χ4v) is 4.63. The van der Waals surface area contributed by atoms with E-state index in [1.807, 2.05) is 13.0 Å². The first-order valence-electron chi connectivity index (χ1n) is 11.8. The number of hydrogen-bond donors (Lipinski definition) is 1. The van der Waals surface area contributed by atoms with Crippen LogP contribution < -0.4 is 28.4 Å². The van der Waals surface area contributed by atoms with Crippen molar-refractivity contribution in [2.75, 3.05) is 35.5 Å². The van der Waals surface area contributed by atoms with Crippen molar-refractivity contribution >= 4 is 5.97 Å². The number of esters is 1. The molecule has 8 heteroatoms.